The second-order valence-electron chi connectivity index (χ2n) is 6.48. The average molecular weight is 356 g/mol. The van der Waals surface area contributed by atoms with Crippen molar-refractivity contribution in [3.63, 3.8) is 0 Å². The molecule has 0 aliphatic heterocycles. The van der Waals surface area contributed by atoms with Gasteiger partial charge in [0.1, 0.15) is 18.4 Å². The summed E-state index contributed by atoms with van der Waals surface area (Å²) in [5.74, 6) is 0. The van der Waals surface area contributed by atoms with Crippen LogP contribution in [-0.4, -0.2) is 33.2 Å². The van der Waals surface area contributed by atoms with Gasteiger partial charge in [-0.1, -0.05) is 6.42 Å². The number of aromatic nitrogens is 2. The number of nitrogens with zero attached hydrogens (tertiary/aromatic N) is 2. The summed E-state index contributed by atoms with van der Waals surface area (Å²) in [6.07, 6.45) is 14.5. The van der Waals surface area contributed by atoms with Crippen LogP contribution < -0.4 is 4.57 Å². The minimum atomic E-state index is -2.49. The first-order chi connectivity index (χ1) is 11.7. The largest absolute Gasteiger partial charge is 0.501 e. The second kappa shape index (κ2) is 10.3. The Balaban J connectivity index is 1.86. The quantitative estimate of drug-likeness (QED) is 0.448. The highest BCUT2D eigenvalue weighted by Crippen LogP contribution is 2.27. The van der Waals surface area contributed by atoms with E-state index in [1.165, 1.54) is 32.1 Å². The molecule has 0 N–H and O–H groups in total. The Hall–Kier alpha value is -0.693. The van der Waals surface area contributed by atoms with Crippen molar-refractivity contribution < 1.29 is 17.8 Å². The summed E-state index contributed by atoms with van der Waals surface area (Å²) in [5.41, 5.74) is 0. The molecular formula is C18H35N2O3Si+. The highest BCUT2D eigenvalue weighted by atomic mass is 28.4. The lowest BCUT2D eigenvalue weighted by Crippen LogP contribution is -2.46. The molecule has 1 heterocycles. The summed E-state index contributed by atoms with van der Waals surface area (Å²) < 4.78 is 22.5. The maximum atomic E-state index is 5.93. The molecule has 138 valence electrons. The molecule has 6 heteroatoms. The number of aryl methyl sites for hydroxylation is 1. The van der Waals surface area contributed by atoms with Crippen molar-refractivity contribution >= 4 is 8.80 Å². The minimum absolute atomic E-state index is 0.650. The topological polar surface area (TPSA) is 36.5 Å². The molecule has 0 atom stereocenters. The van der Waals surface area contributed by atoms with Crippen LogP contribution in [-0.2, 0) is 19.8 Å². The van der Waals surface area contributed by atoms with Gasteiger partial charge in [0.25, 0.3) is 0 Å². The minimum Gasteiger partial charge on any atom is -0.374 e. The van der Waals surface area contributed by atoms with Crippen LogP contribution in [0.25, 0.3) is 0 Å². The standard InChI is InChI=1S/C18H35N2O3Si/c1-4-21-24(22-5-2,23-6-3)16-10-13-19-14-15-20(17-19)18-11-8-7-9-12-18/h14-15,17-18H,4-13,16H2,1-3H3/q+1. The van der Waals surface area contributed by atoms with E-state index >= 15 is 0 Å². The first kappa shape index (κ1) is 19.6. The van der Waals surface area contributed by atoms with Gasteiger partial charge in [0, 0.05) is 25.9 Å². The van der Waals surface area contributed by atoms with Gasteiger partial charge in [0.2, 0.25) is 6.33 Å². The highest BCUT2D eigenvalue weighted by molar-refractivity contribution is 6.60. The molecule has 0 amide bonds. The van der Waals surface area contributed by atoms with Crippen LogP contribution in [0.4, 0.5) is 0 Å². The molecule has 0 bridgehead atoms. The van der Waals surface area contributed by atoms with E-state index in [0.717, 1.165) is 19.0 Å². The van der Waals surface area contributed by atoms with Crippen LogP contribution >= 0.6 is 0 Å². The van der Waals surface area contributed by atoms with Gasteiger partial charge in [-0.25, -0.2) is 9.13 Å². The van der Waals surface area contributed by atoms with Crippen molar-refractivity contribution in [1.29, 1.82) is 0 Å². The normalized spacial score (nSPS) is 16.6. The molecule has 0 aromatic carbocycles. The van der Waals surface area contributed by atoms with Gasteiger partial charge in [0.05, 0.1) is 6.54 Å². The molecule has 0 saturated heterocycles. The lowest BCUT2D eigenvalue weighted by Gasteiger charge is -2.28. The SMILES string of the molecule is CCO[Si](CCC[n+]1ccn(C2CCCCC2)c1)(OCC)OCC. The number of imidazole rings is 1. The predicted octanol–water partition coefficient (Wildman–Crippen LogP) is 3.72. The van der Waals surface area contributed by atoms with Gasteiger partial charge in [-0.2, -0.15) is 0 Å². The van der Waals surface area contributed by atoms with Crippen molar-refractivity contribution in [2.75, 3.05) is 19.8 Å². The van der Waals surface area contributed by atoms with Gasteiger partial charge in [-0.3, -0.25) is 0 Å². The molecule has 5 nitrogen and oxygen atoms in total. The summed E-state index contributed by atoms with van der Waals surface area (Å²) in [6.45, 7) is 8.98. The van der Waals surface area contributed by atoms with E-state index in [1.54, 1.807) is 0 Å². The summed E-state index contributed by atoms with van der Waals surface area (Å²) >= 11 is 0. The second-order valence-corrected chi connectivity index (χ2v) is 9.21. The molecular weight excluding hydrogens is 320 g/mol. The zero-order chi connectivity index (χ0) is 17.3. The average Bonchev–Trinajstić information content (AvgIpc) is 3.05. The van der Waals surface area contributed by atoms with E-state index in [-0.39, 0.29) is 0 Å². The van der Waals surface area contributed by atoms with E-state index in [1.807, 2.05) is 20.8 Å². The van der Waals surface area contributed by atoms with Crippen molar-refractivity contribution in [2.24, 2.45) is 0 Å². The summed E-state index contributed by atoms with van der Waals surface area (Å²) in [4.78, 5) is 0. The van der Waals surface area contributed by atoms with E-state index in [9.17, 15) is 0 Å². The Morgan fingerprint density at radius 3 is 2.21 bits per heavy atom. The third-order valence-corrected chi connectivity index (χ3v) is 7.85. The first-order valence-corrected chi connectivity index (χ1v) is 11.6. The molecule has 1 saturated carbocycles. The van der Waals surface area contributed by atoms with Crippen LogP contribution in [0.5, 0.6) is 0 Å². The van der Waals surface area contributed by atoms with Crippen molar-refractivity contribution in [3.8, 4) is 0 Å². The predicted molar refractivity (Wildman–Crippen MR) is 96.8 cm³/mol. The zero-order valence-electron chi connectivity index (χ0n) is 15.7. The summed E-state index contributed by atoms with van der Waals surface area (Å²) in [5, 5.41) is 0. The van der Waals surface area contributed by atoms with Gasteiger partial charge in [-0.05, 0) is 52.9 Å². The van der Waals surface area contributed by atoms with E-state index in [0.29, 0.717) is 25.9 Å². The van der Waals surface area contributed by atoms with Gasteiger partial charge in [0.15, 0.2) is 0 Å². The third kappa shape index (κ3) is 5.69. The molecule has 0 spiro atoms. The van der Waals surface area contributed by atoms with Crippen LogP contribution in [0.3, 0.4) is 0 Å². The fourth-order valence-electron chi connectivity index (χ4n) is 3.62. The van der Waals surface area contributed by atoms with Crippen molar-refractivity contribution in [2.45, 2.75) is 77.9 Å². The molecule has 0 unspecified atom stereocenters. The van der Waals surface area contributed by atoms with E-state index in [4.69, 9.17) is 13.3 Å². The lowest BCUT2D eigenvalue weighted by molar-refractivity contribution is -0.696. The third-order valence-electron chi connectivity index (χ3n) is 4.70. The zero-order valence-corrected chi connectivity index (χ0v) is 16.7. The molecule has 1 aromatic heterocycles. The Kier molecular flexibility index (Phi) is 8.45. The summed E-state index contributed by atoms with van der Waals surface area (Å²) in [6, 6.07) is 1.58. The molecule has 1 fully saturated rings. The number of hydrogen-bond donors (Lipinski definition) is 0. The molecule has 24 heavy (non-hydrogen) atoms. The smallest absolute Gasteiger partial charge is 0.374 e. The fraction of sp³-hybridized carbons (Fsp3) is 0.833. The lowest BCUT2D eigenvalue weighted by atomic mass is 9.95. The van der Waals surface area contributed by atoms with Crippen LogP contribution in [0.15, 0.2) is 18.7 Å². The maximum absolute atomic E-state index is 5.93. The summed E-state index contributed by atoms with van der Waals surface area (Å²) in [7, 11) is -2.49. The molecule has 1 aliphatic carbocycles. The Morgan fingerprint density at radius 2 is 1.62 bits per heavy atom. The van der Waals surface area contributed by atoms with E-state index < -0.39 is 8.80 Å². The Labute approximate surface area is 148 Å². The van der Waals surface area contributed by atoms with Gasteiger partial charge >= 0.3 is 8.80 Å². The first-order valence-electron chi connectivity index (χ1n) is 9.71. The monoisotopic (exact) mass is 355 g/mol. The fourth-order valence-corrected chi connectivity index (χ4v) is 6.21. The van der Waals surface area contributed by atoms with E-state index in [2.05, 4.69) is 27.9 Å². The molecule has 1 aliphatic rings. The molecule has 2 rings (SSSR count). The van der Waals surface area contributed by atoms with Crippen molar-refractivity contribution in [3.05, 3.63) is 18.7 Å². The Morgan fingerprint density at radius 1 is 1.00 bits per heavy atom. The number of hydrogen-bond acceptors (Lipinski definition) is 3. The highest BCUT2D eigenvalue weighted by Gasteiger charge is 2.39. The van der Waals surface area contributed by atoms with Gasteiger partial charge < -0.3 is 13.3 Å². The maximum Gasteiger partial charge on any atom is 0.501 e. The molecule has 1 aromatic rings. The molecule has 0 radical (unpaired) electrons. The van der Waals surface area contributed by atoms with Crippen LogP contribution in [0.2, 0.25) is 6.04 Å². The van der Waals surface area contributed by atoms with Crippen LogP contribution in [0, 0.1) is 0 Å². The van der Waals surface area contributed by atoms with Crippen molar-refractivity contribution in [1.82, 2.24) is 4.57 Å². The van der Waals surface area contributed by atoms with Crippen LogP contribution in [0.1, 0.15) is 65.3 Å². The van der Waals surface area contributed by atoms with Gasteiger partial charge in [-0.15, -0.1) is 0 Å². The Bertz CT molecular complexity index is 444. The number of rotatable bonds is 11.